The number of anilines is 1. The van der Waals surface area contributed by atoms with Crippen LogP contribution >= 0.6 is 0 Å². The minimum absolute atomic E-state index is 0.296. The molecule has 2 aromatic carbocycles. The molecule has 0 N–H and O–H groups in total. The monoisotopic (exact) mass is 481 g/mol. The van der Waals surface area contributed by atoms with Crippen molar-refractivity contribution in [2.45, 2.75) is 38.6 Å². The zero-order chi connectivity index (χ0) is 24.3. The van der Waals surface area contributed by atoms with E-state index in [4.69, 9.17) is 5.10 Å². The van der Waals surface area contributed by atoms with Crippen molar-refractivity contribution in [2.24, 2.45) is 0 Å². The predicted molar refractivity (Wildman–Crippen MR) is 137 cm³/mol. The lowest BCUT2D eigenvalue weighted by Crippen LogP contribution is -2.45. The molecule has 34 heavy (non-hydrogen) atoms. The van der Waals surface area contributed by atoms with Crippen LogP contribution in [-0.4, -0.2) is 67.2 Å². The van der Waals surface area contributed by atoms with Gasteiger partial charge in [-0.25, -0.2) is 13.1 Å². The summed E-state index contributed by atoms with van der Waals surface area (Å²) in [6.45, 7) is 10.4. The highest BCUT2D eigenvalue weighted by Crippen LogP contribution is 2.31. The fourth-order valence-corrected chi connectivity index (χ4v) is 5.89. The van der Waals surface area contributed by atoms with Crippen LogP contribution in [-0.2, 0) is 16.6 Å². The van der Waals surface area contributed by atoms with Gasteiger partial charge in [0.2, 0.25) is 10.0 Å². The highest BCUT2D eigenvalue weighted by molar-refractivity contribution is 7.89. The van der Waals surface area contributed by atoms with Crippen LogP contribution in [0, 0.1) is 13.8 Å². The second-order valence-corrected chi connectivity index (χ2v) is 11.0. The Morgan fingerprint density at radius 3 is 2.21 bits per heavy atom. The van der Waals surface area contributed by atoms with E-state index in [9.17, 15) is 8.42 Å². The molecule has 0 atom stereocenters. The number of hydrogen-bond acceptors (Lipinski definition) is 5. The lowest BCUT2D eigenvalue weighted by Gasteiger charge is -2.35. The van der Waals surface area contributed by atoms with Gasteiger partial charge in [0, 0.05) is 44.8 Å². The first-order chi connectivity index (χ1) is 16.3. The van der Waals surface area contributed by atoms with Gasteiger partial charge in [0.15, 0.2) is 0 Å². The molecule has 8 heteroatoms. The average Bonchev–Trinajstić information content (AvgIpc) is 3.16. The van der Waals surface area contributed by atoms with E-state index in [1.807, 2.05) is 67.9 Å². The maximum atomic E-state index is 13.6. The number of aryl methyl sites for hydroxylation is 2. The Morgan fingerprint density at radius 1 is 0.941 bits per heavy atom. The molecule has 1 aromatic heterocycles. The fourth-order valence-electron chi connectivity index (χ4n) is 4.39. The predicted octanol–water partition coefficient (Wildman–Crippen LogP) is 3.84. The standard InChI is InChI=1S/C26H35N5O2S/c1-5-15-30(34(32,33)24-13-11-21(2)12-14-24)20-25-22(3)27-31(23-9-7-6-8-10-23)26(25)29-18-16-28(4)17-19-29/h6-14H,5,15-20H2,1-4H3. The minimum Gasteiger partial charge on any atom is -0.354 e. The normalized spacial score (nSPS) is 15.3. The van der Waals surface area contributed by atoms with Gasteiger partial charge in [-0.3, -0.25) is 0 Å². The zero-order valence-corrected chi connectivity index (χ0v) is 21.4. The Labute approximate surface area is 203 Å². The number of rotatable bonds is 8. The first-order valence-corrected chi connectivity index (χ1v) is 13.4. The van der Waals surface area contributed by atoms with Gasteiger partial charge in [0.1, 0.15) is 5.82 Å². The molecule has 182 valence electrons. The highest BCUT2D eigenvalue weighted by atomic mass is 32.2. The fraction of sp³-hybridized carbons (Fsp3) is 0.423. The first kappa shape index (κ1) is 24.4. The largest absolute Gasteiger partial charge is 0.354 e. The molecule has 0 radical (unpaired) electrons. The van der Waals surface area contributed by atoms with Gasteiger partial charge in [-0.15, -0.1) is 0 Å². The van der Waals surface area contributed by atoms with E-state index in [0.717, 1.165) is 60.9 Å². The van der Waals surface area contributed by atoms with E-state index in [2.05, 4.69) is 16.8 Å². The van der Waals surface area contributed by atoms with Crippen LogP contribution in [0.25, 0.3) is 5.69 Å². The molecule has 0 saturated carbocycles. The summed E-state index contributed by atoms with van der Waals surface area (Å²) >= 11 is 0. The molecule has 1 saturated heterocycles. The van der Waals surface area contributed by atoms with E-state index >= 15 is 0 Å². The summed E-state index contributed by atoms with van der Waals surface area (Å²) in [7, 11) is -1.50. The Morgan fingerprint density at radius 2 is 1.59 bits per heavy atom. The van der Waals surface area contributed by atoms with Crippen molar-refractivity contribution in [3.63, 3.8) is 0 Å². The van der Waals surface area contributed by atoms with Crippen LogP contribution in [0.5, 0.6) is 0 Å². The van der Waals surface area contributed by atoms with E-state index in [1.54, 1.807) is 16.4 Å². The van der Waals surface area contributed by atoms with Gasteiger partial charge in [0.05, 0.1) is 16.3 Å². The van der Waals surface area contributed by atoms with Crippen molar-refractivity contribution < 1.29 is 8.42 Å². The summed E-state index contributed by atoms with van der Waals surface area (Å²) in [5, 5.41) is 4.89. The molecule has 4 rings (SSSR count). The van der Waals surface area contributed by atoms with Crippen LogP contribution in [0.2, 0.25) is 0 Å². The quantitative estimate of drug-likeness (QED) is 0.489. The molecule has 0 unspecified atom stereocenters. The van der Waals surface area contributed by atoms with Crippen molar-refractivity contribution in [3.8, 4) is 5.69 Å². The molecule has 2 heterocycles. The molecule has 3 aromatic rings. The van der Waals surface area contributed by atoms with Crippen molar-refractivity contribution in [2.75, 3.05) is 44.7 Å². The summed E-state index contributed by atoms with van der Waals surface area (Å²) in [6.07, 6.45) is 0.737. The first-order valence-electron chi connectivity index (χ1n) is 12.0. The maximum Gasteiger partial charge on any atom is 0.243 e. The van der Waals surface area contributed by atoms with Crippen LogP contribution < -0.4 is 4.90 Å². The number of para-hydroxylation sites is 1. The van der Waals surface area contributed by atoms with Gasteiger partial charge in [0.25, 0.3) is 0 Å². The third-order valence-corrected chi connectivity index (χ3v) is 8.29. The molecular weight excluding hydrogens is 446 g/mol. The van der Waals surface area contributed by atoms with Crippen LogP contribution in [0.15, 0.2) is 59.5 Å². The number of aromatic nitrogens is 2. The zero-order valence-electron chi connectivity index (χ0n) is 20.6. The maximum absolute atomic E-state index is 13.6. The Bertz CT molecular complexity index is 1200. The topological polar surface area (TPSA) is 61.7 Å². The van der Waals surface area contributed by atoms with Crippen LogP contribution in [0.4, 0.5) is 5.82 Å². The lowest BCUT2D eigenvalue weighted by atomic mass is 10.2. The average molecular weight is 482 g/mol. The third-order valence-electron chi connectivity index (χ3n) is 6.43. The molecule has 0 bridgehead atoms. The number of nitrogens with zero attached hydrogens (tertiary/aromatic N) is 5. The molecule has 0 spiro atoms. The second-order valence-electron chi connectivity index (χ2n) is 9.08. The lowest BCUT2D eigenvalue weighted by molar-refractivity contribution is 0.310. The number of benzene rings is 2. The van der Waals surface area contributed by atoms with Gasteiger partial charge in [-0.2, -0.15) is 9.40 Å². The minimum atomic E-state index is -3.64. The number of likely N-dealkylation sites (N-methyl/N-ethyl adjacent to an activating group) is 1. The smallest absolute Gasteiger partial charge is 0.243 e. The summed E-state index contributed by atoms with van der Waals surface area (Å²) < 4.78 is 30.9. The second kappa shape index (κ2) is 10.3. The summed E-state index contributed by atoms with van der Waals surface area (Å²) in [5.41, 5.74) is 3.85. The summed E-state index contributed by atoms with van der Waals surface area (Å²) in [5.74, 6) is 0.997. The Kier molecular flexibility index (Phi) is 7.40. The van der Waals surface area contributed by atoms with Crippen LogP contribution in [0.3, 0.4) is 0 Å². The van der Waals surface area contributed by atoms with E-state index in [1.165, 1.54) is 0 Å². The number of piperazine rings is 1. The number of sulfonamides is 1. The van der Waals surface area contributed by atoms with Crippen molar-refractivity contribution >= 4 is 15.8 Å². The van der Waals surface area contributed by atoms with Crippen molar-refractivity contribution in [3.05, 3.63) is 71.4 Å². The van der Waals surface area contributed by atoms with Crippen LogP contribution in [0.1, 0.15) is 30.2 Å². The summed E-state index contributed by atoms with van der Waals surface area (Å²) in [4.78, 5) is 5.00. The molecule has 0 aliphatic carbocycles. The Balaban J connectivity index is 1.77. The molecular formula is C26H35N5O2S. The van der Waals surface area contributed by atoms with Crippen molar-refractivity contribution in [1.29, 1.82) is 0 Å². The third kappa shape index (κ3) is 5.04. The highest BCUT2D eigenvalue weighted by Gasteiger charge is 2.30. The van der Waals surface area contributed by atoms with Gasteiger partial charge < -0.3 is 9.80 Å². The number of hydrogen-bond donors (Lipinski definition) is 0. The molecule has 1 aliphatic heterocycles. The summed E-state index contributed by atoms with van der Waals surface area (Å²) in [6, 6.07) is 17.2. The molecule has 7 nitrogen and oxygen atoms in total. The van der Waals surface area contributed by atoms with Crippen molar-refractivity contribution in [1.82, 2.24) is 19.0 Å². The molecule has 1 fully saturated rings. The van der Waals surface area contributed by atoms with E-state index in [-0.39, 0.29) is 0 Å². The van der Waals surface area contributed by atoms with Gasteiger partial charge >= 0.3 is 0 Å². The van der Waals surface area contributed by atoms with E-state index in [0.29, 0.717) is 18.0 Å². The molecule has 1 aliphatic rings. The van der Waals surface area contributed by atoms with Gasteiger partial charge in [-0.05, 0) is 51.6 Å². The van der Waals surface area contributed by atoms with Gasteiger partial charge in [-0.1, -0.05) is 42.8 Å². The van der Waals surface area contributed by atoms with E-state index < -0.39 is 10.0 Å². The Hall–Kier alpha value is -2.68. The molecule has 0 amide bonds. The SMILES string of the molecule is CCCN(Cc1c(C)nn(-c2ccccc2)c1N1CCN(C)CC1)S(=O)(=O)c1ccc(C)cc1.